The molecule has 4 rings (SSSR count). The molecule has 2 aromatic carbocycles. The normalized spacial score (nSPS) is 15.8. The molecule has 0 N–H and O–H groups in total. The third-order valence-corrected chi connectivity index (χ3v) is 5.92. The standard InChI is InChI=1S/C26H28N2/c1-7-21-18(4)24(27-19(21)5)15-25-23-14-17(3)10-13-22(23)26(28(25)6)20-11-8-16(2)9-12-20/h8-15H,7H2,1-6H3/b24-15-. The molecule has 3 aromatic rings. The summed E-state index contributed by atoms with van der Waals surface area (Å²) in [6.07, 6.45) is 3.29. The molecule has 0 fully saturated rings. The Bertz CT molecular complexity index is 1170. The maximum Gasteiger partial charge on any atom is 0.0686 e. The van der Waals surface area contributed by atoms with Crippen LogP contribution in [-0.4, -0.2) is 10.3 Å². The molecule has 0 unspecified atom stereocenters. The van der Waals surface area contributed by atoms with E-state index in [1.807, 2.05) is 0 Å². The first-order chi connectivity index (χ1) is 13.4. The number of aliphatic imine (C=N–C) groups is 1. The Morgan fingerprint density at radius 3 is 2.21 bits per heavy atom. The Hall–Kier alpha value is -2.87. The molecule has 0 spiro atoms. The minimum Gasteiger partial charge on any atom is -0.343 e. The van der Waals surface area contributed by atoms with Crippen molar-refractivity contribution in [2.75, 3.05) is 0 Å². The van der Waals surface area contributed by atoms with Crippen molar-refractivity contribution in [1.82, 2.24) is 4.57 Å². The fraction of sp³-hybridized carbons (Fsp3) is 0.269. The predicted octanol–water partition coefficient (Wildman–Crippen LogP) is 7.00. The first kappa shape index (κ1) is 18.5. The first-order valence-corrected chi connectivity index (χ1v) is 10.0. The van der Waals surface area contributed by atoms with Gasteiger partial charge in [0.25, 0.3) is 0 Å². The van der Waals surface area contributed by atoms with Crippen LogP contribution in [0, 0.1) is 13.8 Å². The molecule has 0 amide bonds. The van der Waals surface area contributed by atoms with Gasteiger partial charge in [-0.05, 0) is 63.0 Å². The van der Waals surface area contributed by atoms with Gasteiger partial charge in [-0.15, -0.1) is 0 Å². The van der Waals surface area contributed by atoms with Crippen LogP contribution in [0.25, 0.3) is 28.1 Å². The van der Waals surface area contributed by atoms with Gasteiger partial charge in [0.05, 0.1) is 17.1 Å². The van der Waals surface area contributed by atoms with Crippen LogP contribution < -0.4 is 0 Å². The third kappa shape index (κ3) is 2.93. The summed E-state index contributed by atoms with van der Waals surface area (Å²) < 4.78 is 2.32. The van der Waals surface area contributed by atoms with Gasteiger partial charge in [-0.1, -0.05) is 54.4 Å². The van der Waals surface area contributed by atoms with Crippen LogP contribution in [0.2, 0.25) is 0 Å². The fourth-order valence-corrected chi connectivity index (χ4v) is 4.34. The number of allylic oxidation sites excluding steroid dienone is 2. The minimum absolute atomic E-state index is 1.03. The van der Waals surface area contributed by atoms with E-state index in [1.165, 1.54) is 50.0 Å². The van der Waals surface area contributed by atoms with Gasteiger partial charge in [0, 0.05) is 23.5 Å². The molecule has 0 atom stereocenters. The fourth-order valence-electron chi connectivity index (χ4n) is 4.34. The average molecular weight is 369 g/mol. The highest BCUT2D eigenvalue weighted by atomic mass is 15.0. The van der Waals surface area contributed by atoms with Crippen LogP contribution in [0.15, 0.2) is 64.3 Å². The molecule has 2 heteroatoms. The van der Waals surface area contributed by atoms with Gasteiger partial charge in [-0.25, -0.2) is 0 Å². The van der Waals surface area contributed by atoms with E-state index in [2.05, 4.69) is 94.8 Å². The molecule has 2 heterocycles. The molecule has 0 aliphatic carbocycles. The quantitative estimate of drug-likeness (QED) is 0.473. The Morgan fingerprint density at radius 2 is 1.57 bits per heavy atom. The van der Waals surface area contributed by atoms with Gasteiger partial charge in [-0.2, -0.15) is 0 Å². The molecule has 1 aromatic heterocycles. The van der Waals surface area contributed by atoms with Crippen molar-refractivity contribution in [1.29, 1.82) is 0 Å². The average Bonchev–Trinajstić information content (AvgIpc) is 3.09. The molecule has 142 valence electrons. The van der Waals surface area contributed by atoms with Gasteiger partial charge >= 0.3 is 0 Å². The summed E-state index contributed by atoms with van der Waals surface area (Å²) in [6.45, 7) is 10.8. The summed E-state index contributed by atoms with van der Waals surface area (Å²) in [4.78, 5) is 4.87. The Balaban J connectivity index is 1.99. The zero-order chi connectivity index (χ0) is 20.0. The van der Waals surface area contributed by atoms with Crippen LogP contribution in [0.1, 0.15) is 44.0 Å². The molecule has 28 heavy (non-hydrogen) atoms. The summed E-state index contributed by atoms with van der Waals surface area (Å²) >= 11 is 0. The van der Waals surface area contributed by atoms with Crippen LogP contribution in [0.3, 0.4) is 0 Å². The highest BCUT2D eigenvalue weighted by molar-refractivity contribution is 6.05. The van der Waals surface area contributed by atoms with Crippen LogP contribution >= 0.6 is 0 Å². The number of fused-ring (bicyclic) bond motifs is 1. The number of aromatic nitrogens is 1. The lowest BCUT2D eigenvalue weighted by Gasteiger charge is -2.07. The highest BCUT2D eigenvalue weighted by Crippen LogP contribution is 2.37. The zero-order valence-corrected chi connectivity index (χ0v) is 17.7. The Kier molecular flexibility index (Phi) is 4.58. The minimum atomic E-state index is 1.03. The monoisotopic (exact) mass is 368 g/mol. The van der Waals surface area contributed by atoms with Crippen molar-refractivity contribution < 1.29 is 0 Å². The summed E-state index contributed by atoms with van der Waals surface area (Å²) in [5.74, 6) is 0. The second kappa shape index (κ2) is 6.94. The van der Waals surface area contributed by atoms with Crippen molar-refractivity contribution in [3.8, 4) is 11.3 Å². The predicted molar refractivity (Wildman–Crippen MR) is 122 cm³/mol. The Morgan fingerprint density at radius 1 is 0.893 bits per heavy atom. The largest absolute Gasteiger partial charge is 0.343 e. The lowest BCUT2D eigenvalue weighted by Crippen LogP contribution is -1.95. The number of hydrogen-bond acceptors (Lipinski definition) is 1. The van der Waals surface area contributed by atoms with Gasteiger partial charge in [0.1, 0.15) is 0 Å². The van der Waals surface area contributed by atoms with Gasteiger partial charge < -0.3 is 4.57 Å². The van der Waals surface area contributed by atoms with E-state index in [-0.39, 0.29) is 0 Å². The third-order valence-electron chi connectivity index (χ3n) is 5.92. The van der Waals surface area contributed by atoms with E-state index >= 15 is 0 Å². The molecular formula is C26H28N2. The van der Waals surface area contributed by atoms with E-state index in [1.54, 1.807) is 0 Å². The highest BCUT2D eigenvalue weighted by Gasteiger charge is 2.19. The SMILES string of the molecule is CCC1=C(C)/C(=C/c2c3cc(C)ccc3c(-c3ccc(C)cc3)n2C)N=C1C. The number of nitrogens with zero attached hydrogens (tertiary/aromatic N) is 2. The first-order valence-electron chi connectivity index (χ1n) is 10.0. The topological polar surface area (TPSA) is 17.3 Å². The van der Waals surface area contributed by atoms with Gasteiger partial charge in [0.15, 0.2) is 0 Å². The van der Waals surface area contributed by atoms with E-state index in [9.17, 15) is 0 Å². The molecule has 0 bridgehead atoms. The van der Waals surface area contributed by atoms with E-state index in [0.717, 1.165) is 17.8 Å². The van der Waals surface area contributed by atoms with Crippen molar-refractivity contribution >= 4 is 22.6 Å². The number of aryl methyl sites for hydroxylation is 2. The van der Waals surface area contributed by atoms with Crippen molar-refractivity contribution in [3.05, 3.63) is 76.1 Å². The van der Waals surface area contributed by atoms with Crippen molar-refractivity contribution in [3.63, 3.8) is 0 Å². The summed E-state index contributed by atoms with van der Waals surface area (Å²) in [7, 11) is 2.17. The van der Waals surface area contributed by atoms with E-state index < -0.39 is 0 Å². The molecule has 0 radical (unpaired) electrons. The summed E-state index contributed by atoms with van der Waals surface area (Å²) in [5, 5.41) is 2.58. The lowest BCUT2D eigenvalue weighted by molar-refractivity contribution is 0.928. The second-order valence-electron chi connectivity index (χ2n) is 7.89. The van der Waals surface area contributed by atoms with E-state index in [0.29, 0.717) is 0 Å². The number of rotatable bonds is 3. The van der Waals surface area contributed by atoms with Gasteiger partial charge in [0.2, 0.25) is 0 Å². The number of benzene rings is 2. The maximum absolute atomic E-state index is 4.87. The summed E-state index contributed by atoms with van der Waals surface area (Å²) in [6, 6.07) is 15.6. The summed E-state index contributed by atoms with van der Waals surface area (Å²) in [5.41, 5.74) is 11.2. The molecule has 0 saturated heterocycles. The molecular weight excluding hydrogens is 340 g/mol. The van der Waals surface area contributed by atoms with Crippen molar-refractivity contribution in [2.45, 2.75) is 41.0 Å². The van der Waals surface area contributed by atoms with Crippen LogP contribution in [0.4, 0.5) is 0 Å². The van der Waals surface area contributed by atoms with Gasteiger partial charge in [-0.3, -0.25) is 4.99 Å². The van der Waals surface area contributed by atoms with Crippen LogP contribution in [0.5, 0.6) is 0 Å². The van der Waals surface area contributed by atoms with Crippen molar-refractivity contribution in [2.24, 2.45) is 12.0 Å². The zero-order valence-electron chi connectivity index (χ0n) is 17.7. The number of hydrogen-bond donors (Lipinski definition) is 0. The molecule has 2 nitrogen and oxygen atoms in total. The van der Waals surface area contributed by atoms with E-state index in [4.69, 9.17) is 4.99 Å². The Labute approximate surface area is 167 Å². The molecule has 1 aliphatic heterocycles. The lowest BCUT2D eigenvalue weighted by atomic mass is 10.0. The maximum atomic E-state index is 4.87. The molecule has 1 aliphatic rings. The molecule has 0 saturated carbocycles. The smallest absolute Gasteiger partial charge is 0.0686 e. The van der Waals surface area contributed by atoms with Crippen LogP contribution in [-0.2, 0) is 7.05 Å². The second-order valence-corrected chi connectivity index (χ2v) is 7.89.